The highest BCUT2D eigenvalue weighted by Gasteiger charge is 2.31. The first-order valence-electron chi connectivity index (χ1n) is 7.94. The number of likely N-dealkylation sites (N-methyl/N-ethyl adjacent to an activating group) is 1. The highest BCUT2D eigenvalue weighted by molar-refractivity contribution is 5.45. The van der Waals surface area contributed by atoms with Gasteiger partial charge in [0.1, 0.15) is 0 Å². The number of fused-ring (bicyclic) bond motifs is 1. The van der Waals surface area contributed by atoms with Crippen LogP contribution >= 0.6 is 0 Å². The van der Waals surface area contributed by atoms with Crippen LogP contribution < -0.4 is 4.90 Å². The van der Waals surface area contributed by atoms with Crippen molar-refractivity contribution < 1.29 is 0 Å². The van der Waals surface area contributed by atoms with Crippen LogP contribution in [0.1, 0.15) is 17.7 Å². The summed E-state index contributed by atoms with van der Waals surface area (Å²) in [6, 6.07) is 2.81. The molecule has 1 fully saturated rings. The molecule has 1 aliphatic heterocycles. The highest BCUT2D eigenvalue weighted by atomic mass is 15.5. The molecule has 0 radical (unpaired) electrons. The molecule has 4 rings (SSSR count). The Bertz CT molecular complexity index is 633. The lowest BCUT2D eigenvalue weighted by Crippen LogP contribution is -2.59. The van der Waals surface area contributed by atoms with Gasteiger partial charge >= 0.3 is 0 Å². The number of aryl methyl sites for hydroxylation is 2. The molecule has 0 amide bonds. The first kappa shape index (κ1) is 13.6. The summed E-state index contributed by atoms with van der Waals surface area (Å²) >= 11 is 0. The van der Waals surface area contributed by atoms with E-state index in [0.717, 1.165) is 44.8 Å². The first-order chi connectivity index (χ1) is 10.8. The van der Waals surface area contributed by atoms with Gasteiger partial charge in [0, 0.05) is 25.7 Å². The topological polar surface area (TPSA) is 63.0 Å². The molecule has 0 bridgehead atoms. The van der Waals surface area contributed by atoms with Crippen molar-refractivity contribution in [2.45, 2.75) is 31.8 Å². The normalized spacial score (nSPS) is 17.8. The zero-order valence-electron chi connectivity index (χ0n) is 12.9. The lowest BCUT2D eigenvalue weighted by atomic mass is 10.1. The van der Waals surface area contributed by atoms with Gasteiger partial charge in [0.15, 0.2) is 5.82 Å². The van der Waals surface area contributed by atoms with Gasteiger partial charge in [0.05, 0.1) is 24.6 Å². The smallest absolute Gasteiger partial charge is 0.151 e. The average molecular weight is 299 g/mol. The second kappa shape index (κ2) is 5.64. The zero-order chi connectivity index (χ0) is 14.9. The Labute approximate surface area is 129 Å². The fourth-order valence-corrected chi connectivity index (χ4v) is 3.18. The van der Waals surface area contributed by atoms with E-state index in [0.29, 0.717) is 6.04 Å². The number of aromatic nitrogens is 5. The van der Waals surface area contributed by atoms with E-state index in [9.17, 15) is 0 Å². The summed E-state index contributed by atoms with van der Waals surface area (Å²) in [6.45, 7) is 3.84. The van der Waals surface area contributed by atoms with E-state index in [1.165, 1.54) is 17.7 Å². The van der Waals surface area contributed by atoms with E-state index in [2.05, 4.69) is 43.3 Å². The summed E-state index contributed by atoms with van der Waals surface area (Å²) in [5.41, 5.74) is 2.59. The van der Waals surface area contributed by atoms with Gasteiger partial charge in [-0.15, -0.1) is 5.10 Å². The molecular weight excluding hydrogens is 278 g/mol. The summed E-state index contributed by atoms with van der Waals surface area (Å²) in [5, 5.41) is 17.0. The van der Waals surface area contributed by atoms with Crippen molar-refractivity contribution in [2.75, 3.05) is 31.6 Å². The van der Waals surface area contributed by atoms with Crippen molar-refractivity contribution in [3.05, 3.63) is 29.7 Å². The van der Waals surface area contributed by atoms with Crippen LogP contribution in [0.2, 0.25) is 0 Å². The molecule has 0 aromatic carbocycles. The summed E-state index contributed by atoms with van der Waals surface area (Å²) in [5.74, 6) is 1.04. The average Bonchev–Trinajstić information content (AvgIpc) is 3.14. The van der Waals surface area contributed by atoms with Gasteiger partial charge in [0.25, 0.3) is 0 Å². The number of hydrogen-bond acceptors (Lipinski definition) is 6. The first-order valence-corrected chi connectivity index (χ1v) is 7.94. The Kier molecular flexibility index (Phi) is 3.49. The summed E-state index contributed by atoms with van der Waals surface area (Å²) in [4.78, 5) is 6.43. The number of anilines is 1. The Morgan fingerprint density at radius 1 is 1.18 bits per heavy atom. The Morgan fingerprint density at radius 2 is 2.00 bits per heavy atom. The molecule has 7 nitrogen and oxygen atoms in total. The van der Waals surface area contributed by atoms with Crippen molar-refractivity contribution in [3.63, 3.8) is 0 Å². The van der Waals surface area contributed by atoms with Crippen molar-refractivity contribution >= 4 is 5.82 Å². The minimum atomic E-state index is 0.575. The van der Waals surface area contributed by atoms with Crippen LogP contribution in [0.15, 0.2) is 18.5 Å². The molecule has 2 aliphatic rings. The molecule has 7 heteroatoms. The second-order valence-electron chi connectivity index (χ2n) is 6.19. The monoisotopic (exact) mass is 299 g/mol. The van der Waals surface area contributed by atoms with E-state index in [-0.39, 0.29) is 0 Å². The summed E-state index contributed by atoms with van der Waals surface area (Å²) in [6.07, 6.45) is 6.91. The quantitative estimate of drug-likeness (QED) is 0.795. The number of rotatable bonds is 5. The van der Waals surface area contributed by atoms with Gasteiger partial charge < -0.3 is 4.90 Å². The Hall–Kier alpha value is -2.02. The van der Waals surface area contributed by atoms with Crippen LogP contribution in [-0.2, 0) is 19.4 Å². The molecular formula is C15H21N7. The molecule has 2 aromatic heterocycles. The van der Waals surface area contributed by atoms with Crippen molar-refractivity contribution in [3.8, 4) is 0 Å². The third-order valence-corrected chi connectivity index (χ3v) is 4.74. The fraction of sp³-hybridized carbons (Fsp3) is 0.600. The predicted octanol–water partition coefficient (Wildman–Crippen LogP) is 0.377. The Morgan fingerprint density at radius 3 is 2.82 bits per heavy atom. The van der Waals surface area contributed by atoms with E-state index >= 15 is 0 Å². The zero-order valence-corrected chi connectivity index (χ0v) is 12.9. The van der Waals surface area contributed by atoms with Crippen LogP contribution in [0.5, 0.6) is 0 Å². The molecule has 2 aromatic rings. The molecule has 0 spiro atoms. The third-order valence-electron chi connectivity index (χ3n) is 4.74. The van der Waals surface area contributed by atoms with E-state index < -0.39 is 0 Å². The molecule has 116 valence electrons. The second-order valence-corrected chi connectivity index (χ2v) is 6.19. The molecule has 0 N–H and O–H groups in total. The van der Waals surface area contributed by atoms with E-state index in [1.807, 2.05) is 0 Å². The van der Waals surface area contributed by atoms with Gasteiger partial charge in [-0.3, -0.25) is 4.90 Å². The number of hydrogen-bond donors (Lipinski definition) is 0. The molecule has 1 saturated heterocycles. The van der Waals surface area contributed by atoms with Gasteiger partial charge in [-0.05, 0) is 37.9 Å². The Balaban J connectivity index is 1.30. The summed E-state index contributed by atoms with van der Waals surface area (Å²) < 4.78 is 0. The SMILES string of the molecule is CN(CCn1nccn1)C1CN(c2cc3c(nn2)CCC3)C1. The van der Waals surface area contributed by atoms with Crippen LogP contribution in [-0.4, -0.2) is 62.8 Å². The van der Waals surface area contributed by atoms with Gasteiger partial charge in [-0.1, -0.05) is 0 Å². The molecule has 22 heavy (non-hydrogen) atoms. The van der Waals surface area contributed by atoms with Gasteiger partial charge in [-0.2, -0.15) is 20.1 Å². The van der Waals surface area contributed by atoms with Crippen molar-refractivity contribution in [1.29, 1.82) is 0 Å². The molecule has 0 unspecified atom stereocenters. The minimum absolute atomic E-state index is 0.575. The largest absolute Gasteiger partial charge is 0.352 e. The third kappa shape index (κ3) is 2.56. The summed E-state index contributed by atoms with van der Waals surface area (Å²) in [7, 11) is 2.17. The maximum absolute atomic E-state index is 4.39. The number of nitrogens with zero attached hydrogens (tertiary/aromatic N) is 7. The van der Waals surface area contributed by atoms with Crippen molar-refractivity contribution in [2.24, 2.45) is 0 Å². The highest BCUT2D eigenvalue weighted by Crippen LogP contribution is 2.26. The van der Waals surface area contributed by atoms with Gasteiger partial charge in [0.2, 0.25) is 0 Å². The molecule has 0 saturated carbocycles. The molecule has 1 aliphatic carbocycles. The lowest BCUT2D eigenvalue weighted by molar-refractivity contribution is 0.192. The van der Waals surface area contributed by atoms with E-state index in [4.69, 9.17) is 0 Å². The van der Waals surface area contributed by atoms with Crippen LogP contribution in [0.4, 0.5) is 5.82 Å². The molecule has 3 heterocycles. The van der Waals surface area contributed by atoms with Gasteiger partial charge in [-0.25, -0.2) is 0 Å². The maximum atomic E-state index is 4.39. The standard InChI is InChI=1S/C15H21N7/c1-20(7-8-22-16-5-6-17-22)13-10-21(11-13)15-9-12-3-2-4-14(12)18-19-15/h5-6,9,13H,2-4,7-8,10-11H2,1H3. The lowest BCUT2D eigenvalue weighted by Gasteiger charge is -2.44. The van der Waals surface area contributed by atoms with Crippen LogP contribution in [0.25, 0.3) is 0 Å². The van der Waals surface area contributed by atoms with Crippen LogP contribution in [0, 0.1) is 0 Å². The predicted molar refractivity (Wildman–Crippen MR) is 82.7 cm³/mol. The fourth-order valence-electron chi connectivity index (χ4n) is 3.18. The minimum Gasteiger partial charge on any atom is -0.352 e. The van der Waals surface area contributed by atoms with Crippen LogP contribution in [0.3, 0.4) is 0 Å². The molecule has 0 atom stereocenters. The van der Waals surface area contributed by atoms with Crippen molar-refractivity contribution in [1.82, 2.24) is 30.1 Å². The van der Waals surface area contributed by atoms with E-state index in [1.54, 1.807) is 17.2 Å². The maximum Gasteiger partial charge on any atom is 0.151 e.